The van der Waals surface area contributed by atoms with Crippen molar-refractivity contribution in [1.29, 1.82) is 0 Å². The minimum absolute atomic E-state index is 0.111. The molecule has 3 N–H and O–H groups in total. The number of nitrogens with two attached hydrogens (primary N) is 1. The smallest absolute Gasteiger partial charge is 0.384 e. The summed E-state index contributed by atoms with van der Waals surface area (Å²) < 4.78 is 40.0. The number of alkyl halides is 3. The van der Waals surface area contributed by atoms with Gasteiger partial charge in [-0.05, 0) is 47.3 Å². The summed E-state index contributed by atoms with van der Waals surface area (Å²) in [6, 6.07) is 12.4. The zero-order valence-corrected chi connectivity index (χ0v) is 12.6. The summed E-state index contributed by atoms with van der Waals surface area (Å²) in [4.78, 5) is 14.1. The van der Waals surface area contributed by atoms with Gasteiger partial charge in [-0.3, -0.25) is 4.79 Å². The van der Waals surface area contributed by atoms with Crippen LogP contribution in [0.3, 0.4) is 0 Å². The molecule has 0 amide bonds. The molecule has 1 aromatic carbocycles. The molecule has 0 aliphatic rings. The molecule has 0 saturated heterocycles. The number of nitrogen functional groups attached to an aromatic ring is 1. The van der Waals surface area contributed by atoms with Crippen molar-refractivity contribution >= 4 is 22.2 Å². The number of H-pyrrole nitrogens is 1. The van der Waals surface area contributed by atoms with Gasteiger partial charge in [0.05, 0.1) is 5.52 Å². The van der Waals surface area contributed by atoms with Gasteiger partial charge in [0.2, 0.25) is 5.56 Å². The molecule has 0 radical (unpaired) electrons. The Labute approximate surface area is 138 Å². The van der Waals surface area contributed by atoms with E-state index in [9.17, 15) is 18.0 Å². The number of nitrogens with one attached hydrogen (secondary N) is 1. The van der Waals surface area contributed by atoms with Crippen molar-refractivity contribution in [1.82, 2.24) is 14.6 Å². The van der Waals surface area contributed by atoms with Crippen molar-refractivity contribution in [3.8, 4) is 11.1 Å². The number of fused-ring (bicyclic) bond motifs is 2. The zero-order valence-electron chi connectivity index (χ0n) is 12.6. The number of nitrogens with zero attached hydrogens (tertiary/aromatic N) is 2. The van der Waals surface area contributed by atoms with E-state index in [-0.39, 0.29) is 16.9 Å². The number of aromatic amines is 1. The van der Waals surface area contributed by atoms with Gasteiger partial charge < -0.3 is 10.7 Å². The maximum Gasteiger partial charge on any atom is 0.435 e. The Morgan fingerprint density at radius 1 is 1.04 bits per heavy atom. The van der Waals surface area contributed by atoms with E-state index in [1.807, 2.05) is 0 Å². The van der Waals surface area contributed by atoms with Crippen LogP contribution in [0.4, 0.5) is 19.0 Å². The minimum atomic E-state index is -4.56. The van der Waals surface area contributed by atoms with E-state index in [4.69, 9.17) is 5.73 Å². The molecule has 126 valence electrons. The number of benzene rings is 1. The molecule has 3 heterocycles. The fourth-order valence-corrected chi connectivity index (χ4v) is 2.80. The Kier molecular flexibility index (Phi) is 3.11. The average Bonchev–Trinajstić information content (AvgIpc) is 3.01. The van der Waals surface area contributed by atoms with Crippen LogP contribution in [0.5, 0.6) is 0 Å². The molecule has 0 aliphatic carbocycles. The van der Waals surface area contributed by atoms with E-state index in [1.54, 1.807) is 30.3 Å². The van der Waals surface area contributed by atoms with Crippen molar-refractivity contribution < 1.29 is 13.2 Å². The van der Waals surface area contributed by atoms with Crippen molar-refractivity contribution in [2.75, 3.05) is 5.73 Å². The van der Waals surface area contributed by atoms with Crippen molar-refractivity contribution in [2.45, 2.75) is 6.18 Å². The lowest BCUT2D eigenvalue weighted by Gasteiger charge is -2.07. The summed E-state index contributed by atoms with van der Waals surface area (Å²) in [5.74, 6) is 0.111. The van der Waals surface area contributed by atoms with Gasteiger partial charge in [-0.2, -0.15) is 18.3 Å². The van der Waals surface area contributed by atoms with Crippen LogP contribution in [0.15, 0.2) is 53.3 Å². The van der Waals surface area contributed by atoms with Crippen LogP contribution in [-0.4, -0.2) is 14.6 Å². The number of rotatable bonds is 1. The third kappa shape index (κ3) is 2.51. The molecule has 4 rings (SSSR count). The molecular formula is C17H11F3N4O. The van der Waals surface area contributed by atoms with Gasteiger partial charge in [-0.25, -0.2) is 4.52 Å². The maximum absolute atomic E-state index is 13.0. The van der Waals surface area contributed by atoms with E-state index in [2.05, 4.69) is 10.1 Å². The summed E-state index contributed by atoms with van der Waals surface area (Å²) in [5, 5.41) is 4.33. The van der Waals surface area contributed by atoms with E-state index in [0.29, 0.717) is 16.6 Å². The molecule has 0 unspecified atom stereocenters. The second-order valence-electron chi connectivity index (χ2n) is 5.62. The summed E-state index contributed by atoms with van der Waals surface area (Å²) in [6.45, 7) is 0. The lowest BCUT2D eigenvalue weighted by atomic mass is 10.0. The zero-order chi connectivity index (χ0) is 17.8. The van der Waals surface area contributed by atoms with Crippen molar-refractivity contribution in [3.05, 3.63) is 64.6 Å². The Morgan fingerprint density at radius 3 is 2.60 bits per heavy atom. The molecule has 25 heavy (non-hydrogen) atoms. The molecular weight excluding hydrogens is 333 g/mol. The lowest BCUT2D eigenvalue weighted by Crippen LogP contribution is -2.06. The molecule has 0 bridgehead atoms. The number of aromatic nitrogens is 3. The van der Waals surface area contributed by atoms with Gasteiger partial charge in [0, 0.05) is 17.1 Å². The number of hydrogen-bond acceptors (Lipinski definition) is 3. The highest BCUT2D eigenvalue weighted by molar-refractivity contribution is 5.89. The van der Waals surface area contributed by atoms with Gasteiger partial charge >= 0.3 is 6.18 Å². The quantitative estimate of drug-likeness (QED) is 0.555. The third-order valence-corrected chi connectivity index (χ3v) is 3.98. The van der Waals surface area contributed by atoms with E-state index >= 15 is 0 Å². The molecule has 8 heteroatoms. The molecule has 0 fully saturated rings. The first-order chi connectivity index (χ1) is 11.8. The molecule has 0 spiro atoms. The van der Waals surface area contributed by atoms with Gasteiger partial charge in [0.15, 0.2) is 5.69 Å². The van der Waals surface area contributed by atoms with Gasteiger partial charge in [-0.15, -0.1) is 0 Å². The highest BCUT2D eigenvalue weighted by atomic mass is 19.4. The third-order valence-electron chi connectivity index (χ3n) is 3.98. The fourth-order valence-electron chi connectivity index (χ4n) is 2.80. The Hall–Kier alpha value is -3.29. The first-order valence-electron chi connectivity index (χ1n) is 7.32. The maximum atomic E-state index is 13.0. The van der Waals surface area contributed by atoms with Crippen molar-refractivity contribution in [3.63, 3.8) is 0 Å². The molecule has 3 aromatic heterocycles. The van der Waals surface area contributed by atoms with E-state index in [0.717, 1.165) is 16.0 Å². The predicted octanol–water partition coefficient (Wildman–Crippen LogP) is 3.44. The molecule has 5 nitrogen and oxygen atoms in total. The largest absolute Gasteiger partial charge is 0.435 e. The summed E-state index contributed by atoms with van der Waals surface area (Å²) in [6.07, 6.45) is -4.56. The van der Waals surface area contributed by atoms with Crippen LogP contribution in [0.2, 0.25) is 0 Å². The number of anilines is 1. The summed E-state index contributed by atoms with van der Waals surface area (Å²) in [5.41, 5.74) is 6.69. The topological polar surface area (TPSA) is 76.2 Å². The Bertz CT molecular complexity index is 1170. The van der Waals surface area contributed by atoms with Gasteiger partial charge in [-0.1, -0.05) is 6.07 Å². The number of hydrogen-bond donors (Lipinski definition) is 2. The fraction of sp³-hybridized carbons (Fsp3) is 0.0588. The first kappa shape index (κ1) is 15.3. The highest BCUT2D eigenvalue weighted by Gasteiger charge is 2.34. The number of pyridine rings is 2. The second-order valence-corrected chi connectivity index (χ2v) is 5.62. The predicted molar refractivity (Wildman–Crippen MR) is 88.2 cm³/mol. The van der Waals surface area contributed by atoms with Gasteiger partial charge in [0.25, 0.3) is 0 Å². The molecule has 0 aliphatic heterocycles. The van der Waals surface area contributed by atoms with Crippen LogP contribution in [0, 0.1) is 0 Å². The SMILES string of the molecule is Nc1ccc(-c2ccc3[nH]c(=O)ccc3c2)c2cc(C(F)(F)F)nn12. The van der Waals surface area contributed by atoms with Crippen molar-refractivity contribution in [2.24, 2.45) is 0 Å². The molecule has 0 atom stereocenters. The minimum Gasteiger partial charge on any atom is -0.384 e. The van der Waals surface area contributed by atoms with E-state index < -0.39 is 11.9 Å². The Morgan fingerprint density at radius 2 is 1.84 bits per heavy atom. The Balaban J connectivity index is 1.97. The van der Waals surface area contributed by atoms with Gasteiger partial charge in [0.1, 0.15) is 5.82 Å². The summed E-state index contributed by atoms with van der Waals surface area (Å²) in [7, 11) is 0. The number of halogens is 3. The monoisotopic (exact) mass is 344 g/mol. The molecule has 4 aromatic rings. The normalized spacial score (nSPS) is 12.1. The lowest BCUT2D eigenvalue weighted by molar-refractivity contribution is -0.141. The highest BCUT2D eigenvalue weighted by Crippen LogP contribution is 2.34. The first-order valence-corrected chi connectivity index (χ1v) is 7.32. The van der Waals surface area contributed by atoms with E-state index in [1.165, 1.54) is 12.1 Å². The van der Waals surface area contributed by atoms with Crippen LogP contribution in [0.1, 0.15) is 5.69 Å². The van der Waals surface area contributed by atoms with Crippen LogP contribution >= 0.6 is 0 Å². The second kappa shape index (κ2) is 5.10. The average molecular weight is 344 g/mol. The summed E-state index contributed by atoms with van der Waals surface area (Å²) >= 11 is 0. The van der Waals surface area contributed by atoms with Crippen LogP contribution in [0.25, 0.3) is 27.5 Å². The standard InChI is InChI=1S/C17H11F3N4O/c18-17(19,20)14-8-13-11(3-5-15(21)24(13)23-14)9-1-4-12-10(7-9)2-6-16(25)22-12/h1-8H,21H2,(H,22,25). The van der Waals surface area contributed by atoms with Crippen LogP contribution in [-0.2, 0) is 6.18 Å². The van der Waals surface area contributed by atoms with Crippen LogP contribution < -0.4 is 11.3 Å². The molecule has 0 saturated carbocycles.